The van der Waals surface area contributed by atoms with Crippen molar-refractivity contribution in [3.8, 4) is 11.5 Å². The Kier molecular flexibility index (Phi) is 3.49. The number of piperidine rings is 1. The number of carbonyl (C=O) groups excluding carboxylic acids is 1. The highest BCUT2D eigenvalue weighted by atomic mass is 16.7. The minimum atomic E-state index is -0.593. The van der Waals surface area contributed by atoms with Gasteiger partial charge in [0.1, 0.15) is 17.1 Å². The Balaban J connectivity index is 2.03. The average Bonchev–Trinajstić information content (AvgIpc) is 2.30. The standard InChI is InChI=1S/C12H15NO4/c14-9-4-5-10(11(15)8-9)12(16)17-13-6-2-1-3-7-13/h4-5,8,14-15H,1-3,6-7H2. The van der Waals surface area contributed by atoms with Crippen molar-refractivity contribution in [1.82, 2.24) is 5.06 Å². The second-order valence-corrected chi connectivity index (χ2v) is 4.07. The number of phenols is 2. The highest BCUT2D eigenvalue weighted by molar-refractivity contribution is 5.92. The topological polar surface area (TPSA) is 70.0 Å². The second-order valence-electron chi connectivity index (χ2n) is 4.07. The van der Waals surface area contributed by atoms with Crippen molar-refractivity contribution < 1.29 is 19.8 Å². The van der Waals surface area contributed by atoms with Gasteiger partial charge in [-0.3, -0.25) is 0 Å². The van der Waals surface area contributed by atoms with Gasteiger partial charge in [0.2, 0.25) is 0 Å². The van der Waals surface area contributed by atoms with E-state index >= 15 is 0 Å². The van der Waals surface area contributed by atoms with Crippen LogP contribution >= 0.6 is 0 Å². The molecule has 2 N–H and O–H groups in total. The molecule has 0 saturated carbocycles. The van der Waals surface area contributed by atoms with Gasteiger partial charge in [-0.15, -0.1) is 5.06 Å². The molecule has 0 unspecified atom stereocenters. The van der Waals surface area contributed by atoms with Crippen molar-refractivity contribution in [2.45, 2.75) is 19.3 Å². The molecule has 0 spiro atoms. The molecule has 0 aromatic heterocycles. The number of hydroxylamine groups is 2. The van der Waals surface area contributed by atoms with Gasteiger partial charge in [-0.25, -0.2) is 4.79 Å². The summed E-state index contributed by atoms with van der Waals surface area (Å²) in [6, 6.07) is 3.80. The Morgan fingerprint density at radius 2 is 1.88 bits per heavy atom. The van der Waals surface area contributed by atoms with Gasteiger partial charge in [-0.1, -0.05) is 6.42 Å². The molecule has 0 atom stereocenters. The molecule has 1 saturated heterocycles. The zero-order chi connectivity index (χ0) is 12.3. The summed E-state index contributed by atoms with van der Waals surface area (Å²) in [5.74, 6) is -0.951. The molecule has 0 bridgehead atoms. The molecule has 0 radical (unpaired) electrons. The molecule has 1 aliphatic heterocycles. The van der Waals surface area contributed by atoms with Gasteiger partial charge in [0.05, 0.1) is 0 Å². The summed E-state index contributed by atoms with van der Waals surface area (Å²) >= 11 is 0. The fourth-order valence-corrected chi connectivity index (χ4v) is 1.82. The maximum Gasteiger partial charge on any atom is 0.360 e. The van der Waals surface area contributed by atoms with E-state index in [4.69, 9.17) is 9.94 Å². The molecule has 5 heteroatoms. The van der Waals surface area contributed by atoms with Crippen LogP contribution in [0, 0.1) is 0 Å². The zero-order valence-corrected chi connectivity index (χ0v) is 9.43. The number of rotatable bonds is 2. The van der Waals surface area contributed by atoms with Crippen molar-refractivity contribution in [2.75, 3.05) is 13.1 Å². The molecule has 1 aromatic carbocycles. The first-order valence-electron chi connectivity index (χ1n) is 5.66. The predicted octanol–water partition coefficient (Wildman–Crippen LogP) is 1.66. The summed E-state index contributed by atoms with van der Waals surface area (Å²) in [4.78, 5) is 16.9. The summed E-state index contributed by atoms with van der Waals surface area (Å²) in [6.07, 6.45) is 3.17. The van der Waals surface area contributed by atoms with E-state index in [9.17, 15) is 9.90 Å². The Morgan fingerprint density at radius 1 is 1.18 bits per heavy atom. The normalized spacial score (nSPS) is 16.7. The molecule has 0 amide bonds. The van der Waals surface area contributed by atoms with E-state index in [0.29, 0.717) is 0 Å². The largest absolute Gasteiger partial charge is 0.508 e. The average molecular weight is 237 g/mol. The summed E-state index contributed by atoms with van der Waals surface area (Å²) in [5.41, 5.74) is 0.0633. The number of carbonyl (C=O) groups is 1. The van der Waals surface area contributed by atoms with Gasteiger partial charge < -0.3 is 15.1 Å². The third-order valence-corrected chi connectivity index (χ3v) is 2.73. The summed E-state index contributed by atoms with van der Waals surface area (Å²) in [7, 11) is 0. The SMILES string of the molecule is O=C(ON1CCCCC1)c1ccc(O)cc1O. The number of aromatic hydroxyl groups is 2. The molecular formula is C12H15NO4. The molecule has 5 nitrogen and oxygen atoms in total. The molecule has 1 heterocycles. The van der Waals surface area contributed by atoms with Gasteiger partial charge in [0.15, 0.2) is 0 Å². The van der Waals surface area contributed by atoms with Crippen LogP contribution in [0.4, 0.5) is 0 Å². The number of hydrogen-bond acceptors (Lipinski definition) is 5. The quantitative estimate of drug-likeness (QED) is 0.818. The van der Waals surface area contributed by atoms with Crippen LogP contribution in [-0.4, -0.2) is 34.3 Å². The molecule has 1 aliphatic rings. The summed E-state index contributed by atoms with van der Waals surface area (Å²) in [6.45, 7) is 1.45. The number of nitrogens with zero attached hydrogens (tertiary/aromatic N) is 1. The van der Waals surface area contributed by atoms with E-state index in [-0.39, 0.29) is 17.1 Å². The maximum atomic E-state index is 11.7. The van der Waals surface area contributed by atoms with Gasteiger partial charge >= 0.3 is 5.97 Å². The Hall–Kier alpha value is -1.75. The minimum absolute atomic E-state index is 0.0633. The lowest BCUT2D eigenvalue weighted by atomic mass is 10.2. The molecule has 1 aromatic rings. The molecule has 2 rings (SSSR count). The number of phenolic OH excluding ortho intramolecular Hbond substituents is 2. The van der Waals surface area contributed by atoms with Crippen LogP contribution in [0.5, 0.6) is 11.5 Å². The van der Waals surface area contributed by atoms with E-state index in [0.717, 1.165) is 38.4 Å². The van der Waals surface area contributed by atoms with Crippen molar-refractivity contribution in [1.29, 1.82) is 0 Å². The van der Waals surface area contributed by atoms with E-state index in [2.05, 4.69) is 0 Å². The maximum absolute atomic E-state index is 11.7. The predicted molar refractivity (Wildman–Crippen MR) is 60.6 cm³/mol. The Labute approximate surface area is 99.2 Å². The van der Waals surface area contributed by atoms with Crippen LogP contribution < -0.4 is 0 Å². The van der Waals surface area contributed by atoms with Crippen LogP contribution in [0.1, 0.15) is 29.6 Å². The van der Waals surface area contributed by atoms with Crippen LogP contribution in [0.2, 0.25) is 0 Å². The third-order valence-electron chi connectivity index (χ3n) is 2.73. The number of hydrogen-bond donors (Lipinski definition) is 2. The van der Waals surface area contributed by atoms with Crippen LogP contribution in [0.15, 0.2) is 18.2 Å². The van der Waals surface area contributed by atoms with Crippen molar-refractivity contribution in [3.05, 3.63) is 23.8 Å². The summed E-state index contributed by atoms with van der Waals surface area (Å²) in [5, 5.41) is 20.2. The van der Waals surface area contributed by atoms with Gasteiger partial charge in [-0.05, 0) is 25.0 Å². The second kappa shape index (κ2) is 5.05. The fourth-order valence-electron chi connectivity index (χ4n) is 1.82. The molecule has 92 valence electrons. The van der Waals surface area contributed by atoms with E-state index in [1.54, 1.807) is 5.06 Å². The van der Waals surface area contributed by atoms with E-state index in [1.807, 2.05) is 0 Å². The molecular weight excluding hydrogens is 222 g/mol. The lowest BCUT2D eigenvalue weighted by molar-refractivity contribution is -0.119. The van der Waals surface area contributed by atoms with Crippen molar-refractivity contribution >= 4 is 5.97 Å². The van der Waals surface area contributed by atoms with Crippen LogP contribution in [0.25, 0.3) is 0 Å². The Morgan fingerprint density at radius 3 is 2.53 bits per heavy atom. The fraction of sp³-hybridized carbons (Fsp3) is 0.417. The number of benzene rings is 1. The smallest absolute Gasteiger partial charge is 0.360 e. The highest BCUT2D eigenvalue weighted by Gasteiger charge is 2.19. The van der Waals surface area contributed by atoms with Gasteiger partial charge in [-0.2, -0.15) is 0 Å². The lowest BCUT2D eigenvalue weighted by Gasteiger charge is -2.24. The first-order valence-corrected chi connectivity index (χ1v) is 5.66. The monoisotopic (exact) mass is 237 g/mol. The van der Waals surface area contributed by atoms with Crippen molar-refractivity contribution in [3.63, 3.8) is 0 Å². The van der Waals surface area contributed by atoms with Crippen LogP contribution in [-0.2, 0) is 4.84 Å². The first-order chi connectivity index (χ1) is 8.16. The summed E-state index contributed by atoms with van der Waals surface area (Å²) < 4.78 is 0. The molecule has 0 aliphatic carbocycles. The third kappa shape index (κ3) is 2.88. The highest BCUT2D eigenvalue weighted by Crippen LogP contribution is 2.23. The molecule has 1 fully saturated rings. The molecule has 17 heavy (non-hydrogen) atoms. The van der Waals surface area contributed by atoms with Crippen molar-refractivity contribution in [2.24, 2.45) is 0 Å². The Bertz CT molecular complexity index is 413. The van der Waals surface area contributed by atoms with Gasteiger partial charge in [0, 0.05) is 19.2 Å². The van der Waals surface area contributed by atoms with E-state index < -0.39 is 5.97 Å². The van der Waals surface area contributed by atoms with Gasteiger partial charge in [0.25, 0.3) is 0 Å². The van der Waals surface area contributed by atoms with Crippen LogP contribution in [0.3, 0.4) is 0 Å². The minimum Gasteiger partial charge on any atom is -0.508 e. The zero-order valence-electron chi connectivity index (χ0n) is 9.43. The lowest BCUT2D eigenvalue weighted by Crippen LogP contribution is -2.32. The first kappa shape index (κ1) is 11.7. The van der Waals surface area contributed by atoms with E-state index in [1.165, 1.54) is 12.1 Å².